The molecule has 0 bridgehead atoms. The van der Waals surface area contributed by atoms with E-state index >= 15 is 0 Å². The minimum absolute atomic E-state index is 0.00909. The van der Waals surface area contributed by atoms with E-state index in [1.165, 1.54) is 11.9 Å². The SMILES string of the molecule is CNC(=O)[C@H](C)N(Cc1c(Cl)cccc1Cl)C(=O)COc1ccc(C(C)(C)C)cc1Br. The number of hydrogen-bond acceptors (Lipinski definition) is 3. The third-order valence-corrected chi connectivity index (χ3v) is 6.28. The highest BCUT2D eigenvalue weighted by Crippen LogP contribution is 2.32. The zero-order valence-corrected chi connectivity index (χ0v) is 21.4. The summed E-state index contributed by atoms with van der Waals surface area (Å²) in [7, 11) is 1.52. The number of amides is 2. The summed E-state index contributed by atoms with van der Waals surface area (Å²) < 4.78 is 6.53. The van der Waals surface area contributed by atoms with E-state index in [1.54, 1.807) is 25.1 Å². The molecule has 1 N–H and O–H groups in total. The van der Waals surface area contributed by atoms with Gasteiger partial charge in [0.25, 0.3) is 5.91 Å². The summed E-state index contributed by atoms with van der Waals surface area (Å²) in [6, 6.07) is 10.2. The number of hydrogen-bond donors (Lipinski definition) is 1. The molecule has 2 amide bonds. The lowest BCUT2D eigenvalue weighted by Crippen LogP contribution is -2.48. The molecule has 2 rings (SSSR count). The van der Waals surface area contributed by atoms with Crippen LogP contribution in [0.5, 0.6) is 5.75 Å². The second kappa shape index (κ2) is 10.7. The van der Waals surface area contributed by atoms with Gasteiger partial charge in [0.2, 0.25) is 5.91 Å². The molecule has 0 spiro atoms. The Hall–Kier alpha value is -1.76. The van der Waals surface area contributed by atoms with Gasteiger partial charge in [-0.15, -0.1) is 0 Å². The van der Waals surface area contributed by atoms with E-state index in [-0.39, 0.29) is 30.4 Å². The number of ether oxygens (including phenoxy) is 1. The van der Waals surface area contributed by atoms with Crippen LogP contribution in [0.3, 0.4) is 0 Å². The number of nitrogens with zero attached hydrogens (tertiary/aromatic N) is 1. The number of nitrogens with one attached hydrogen (secondary N) is 1. The maximum Gasteiger partial charge on any atom is 0.261 e. The molecule has 168 valence electrons. The molecule has 0 saturated heterocycles. The van der Waals surface area contributed by atoms with E-state index in [1.807, 2.05) is 18.2 Å². The topological polar surface area (TPSA) is 58.6 Å². The van der Waals surface area contributed by atoms with Gasteiger partial charge in [-0.1, -0.05) is 56.1 Å². The summed E-state index contributed by atoms with van der Waals surface area (Å²) in [4.78, 5) is 26.7. The third-order valence-electron chi connectivity index (χ3n) is 4.95. The monoisotopic (exact) mass is 528 g/mol. The van der Waals surface area contributed by atoms with Gasteiger partial charge in [0, 0.05) is 29.2 Å². The molecule has 0 radical (unpaired) electrons. The molecule has 0 unspecified atom stereocenters. The molecule has 31 heavy (non-hydrogen) atoms. The highest BCUT2D eigenvalue weighted by molar-refractivity contribution is 9.10. The van der Waals surface area contributed by atoms with E-state index in [0.717, 1.165) is 10.0 Å². The molecular formula is C23H27BrCl2N2O3. The summed E-state index contributed by atoms with van der Waals surface area (Å²) in [5, 5.41) is 3.42. The van der Waals surface area contributed by atoms with Gasteiger partial charge < -0.3 is 15.0 Å². The van der Waals surface area contributed by atoms with Crippen LogP contribution in [0.4, 0.5) is 0 Å². The fourth-order valence-corrected chi connectivity index (χ4v) is 3.96. The first-order valence-electron chi connectivity index (χ1n) is 9.82. The van der Waals surface area contributed by atoms with Gasteiger partial charge >= 0.3 is 0 Å². The summed E-state index contributed by atoms with van der Waals surface area (Å²) in [6.45, 7) is 7.86. The lowest BCUT2D eigenvalue weighted by atomic mass is 9.87. The van der Waals surface area contributed by atoms with Crippen molar-refractivity contribution >= 4 is 50.9 Å². The van der Waals surface area contributed by atoms with Gasteiger partial charge in [0.1, 0.15) is 11.8 Å². The van der Waals surface area contributed by atoms with Gasteiger partial charge in [0.05, 0.1) is 4.47 Å². The van der Waals surface area contributed by atoms with Gasteiger partial charge in [0.15, 0.2) is 6.61 Å². The van der Waals surface area contributed by atoms with Crippen LogP contribution in [0, 0.1) is 0 Å². The molecule has 0 aliphatic carbocycles. The van der Waals surface area contributed by atoms with Crippen LogP contribution in [-0.4, -0.2) is 36.4 Å². The first-order chi connectivity index (χ1) is 14.5. The number of carbonyl (C=O) groups is 2. The third kappa shape index (κ3) is 6.61. The smallest absolute Gasteiger partial charge is 0.261 e. The van der Waals surface area contributed by atoms with Crippen LogP contribution < -0.4 is 10.1 Å². The quantitative estimate of drug-likeness (QED) is 0.508. The van der Waals surface area contributed by atoms with E-state index < -0.39 is 6.04 Å². The number of carbonyl (C=O) groups excluding carboxylic acids is 2. The highest BCUT2D eigenvalue weighted by Gasteiger charge is 2.27. The Morgan fingerprint density at radius 3 is 2.29 bits per heavy atom. The Bertz CT molecular complexity index is 940. The normalized spacial score (nSPS) is 12.3. The second-order valence-electron chi connectivity index (χ2n) is 8.20. The first kappa shape index (κ1) is 25.5. The van der Waals surface area contributed by atoms with Crippen LogP contribution in [0.25, 0.3) is 0 Å². The maximum atomic E-state index is 13.1. The van der Waals surface area contributed by atoms with Crippen molar-refractivity contribution < 1.29 is 14.3 Å². The molecule has 2 aromatic rings. The Morgan fingerprint density at radius 2 is 1.77 bits per heavy atom. The predicted molar refractivity (Wildman–Crippen MR) is 129 cm³/mol. The zero-order chi connectivity index (χ0) is 23.3. The first-order valence-corrected chi connectivity index (χ1v) is 11.4. The predicted octanol–water partition coefficient (Wildman–Crippen LogP) is 5.60. The Morgan fingerprint density at radius 1 is 1.16 bits per heavy atom. The van der Waals surface area contributed by atoms with Crippen LogP contribution in [0.1, 0.15) is 38.8 Å². The average Bonchev–Trinajstić information content (AvgIpc) is 2.70. The number of halogens is 3. The number of rotatable bonds is 7. The van der Waals surface area contributed by atoms with Crippen LogP contribution in [-0.2, 0) is 21.5 Å². The molecule has 0 saturated carbocycles. The average molecular weight is 530 g/mol. The number of benzene rings is 2. The van der Waals surface area contributed by atoms with Crippen LogP contribution in [0.2, 0.25) is 10.0 Å². The van der Waals surface area contributed by atoms with Crippen molar-refractivity contribution in [3.05, 3.63) is 62.0 Å². The van der Waals surface area contributed by atoms with E-state index in [2.05, 4.69) is 42.0 Å². The summed E-state index contributed by atoms with van der Waals surface area (Å²) in [5.41, 5.74) is 1.71. The summed E-state index contributed by atoms with van der Waals surface area (Å²) in [6.07, 6.45) is 0. The molecule has 0 fully saturated rings. The van der Waals surface area contributed by atoms with Crippen molar-refractivity contribution in [3.63, 3.8) is 0 Å². The van der Waals surface area contributed by atoms with E-state index in [0.29, 0.717) is 21.4 Å². The fraction of sp³-hybridized carbons (Fsp3) is 0.391. The summed E-state index contributed by atoms with van der Waals surface area (Å²) in [5.74, 6) is -0.115. The van der Waals surface area contributed by atoms with Gasteiger partial charge in [-0.2, -0.15) is 0 Å². The minimum Gasteiger partial charge on any atom is -0.483 e. The van der Waals surface area contributed by atoms with Gasteiger partial charge in [-0.25, -0.2) is 0 Å². The van der Waals surface area contributed by atoms with Crippen molar-refractivity contribution in [3.8, 4) is 5.75 Å². The Labute approximate surface area is 202 Å². The highest BCUT2D eigenvalue weighted by atomic mass is 79.9. The minimum atomic E-state index is -0.736. The molecule has 5 nitrogen and oxygen atoms in total. The zero-order valence-electron chi connectivity index (χ0n) is 18.3. The molecular weight excluding hydrogens is 503 g/mol. The molecule has 8 heteroatoms. The molecule has 1 atom stereocenters. The fourth-order valence-electron chi connectivity index (χ4n) is 2.95. The standard InChI is InChI=1S/C23H27BrCl2N2O3/c1-14(22(30)27-5)28(12-16-18(25)7-6-8-19(16)26)21(29)13-31-20-10-9-15(11-17(20)24)23(2,3)4/h6-11,14H,12-13H2,1-5H3,(H,27,30)/t14-/m0/s1. The summed E-state index contributed by atoms with van der Waals surface area (Å²) >= 11 is 16.1. The van der Waals surface area contributed by atoms with Crippen molar-refractivity contribution in [2.75, 3.05) is 13.7 Å². The van der Waals surface area contributed by atoms with E-state index in [9.17, 15) is 9.59 Å². The van der Waals surface area contributed by atoms with Crippen molar-refractivity contribution in [1.29, 1.82) is 0 Å². The molecule has 2 aromatic carbocycles. The van der Waals surface area contributed by atoms with Crippen molar-refractivity contribution in [2.45, 2.75) is 45.7 Å². The molecule has 0 aromatic heterocycles. The second-order valence-corrected chi connectivity index (χ2v) is 9.86. The number of likely N-dealkylation sites (N-methyl/N-ethyl adjacent to an activating group) is 1. The van der Waals surface area contributed by atoms with Gasteiger partial charge in [-0.3, -0.25) is 9.59 Å². The Balaban J connectivity index is 2.23. The molecule has 0 aliphatic rings. The largest absolute Gasteiger partial charge is 0.483 e. The van der Waals surface area contributed by atoms with Crippen molar-refractivity contribution in [2.24, 2.45) is 0 Å². The molecule has 0 heterocycles. The van der Waals surface area contributed by atoms with E-state index in [4.69, 9.17) is 27.9 Å². The van der Waals surface area contributed by atoms with Crippen LogP contribution >= 0.6 is 39.1 Å². The van der Waals surface area contributed by atoms with Crippen molar-refractivity contribution in [1.82, 2.24) is 10.2 Å². The lowest BCUT2D eigenvalue weighted by molar-refractivity contribution is -0.142. The maximum absolute atomic E-state index is 13.1. The van der Waals surface area contributed by atoms with Crippen LogP contribution in [0.15, 0.2) is 40.9 Å². The molecule has 0 aliphatic heterocycles. The lowest BCUT2D eigenvalue weighted by Gasteiger charge is -2.29. The van der Waals surface area contributed by atoms with Gasteiger partial charge in [-0.05, 0) is 58.1 Å². The Kier molecular flexibility index (Phi) is 8.81.